The van der Waals surface area contributed by atoms with Crippen LogP contribution in [0.2, 0.25) is 0 Å². The number of halogens is 1. The Bertz CT molecular complexity index is 1330. The summed E-state index contributed by atoms with van der Waals surface area (Å²) in [5.74, 6) is -2.85. The van der Waals surface area contributed by atoms with Gasteiger partial charge in [0.05, 0.1) is 31.0 Å². The maximum absolute atomic E-state index is 13.4. The van der Waals surface area contributed by atoms with E-state index in [0.29, 0.717) is 17.0 Å². The van der Waals surface area contributed by atoms with Crippen LogP contribution in [0.4, 0.5) is 9.52 Å². The number of hydrogen-bond donors (Lipinski definition) is 1. The van der Waals surface area contributed by atoms with Crippen molar-refractivity contribution >= 4 is 39.9 Å². The second-order valence-corrected chi connectivity index (χ2v) is 8.56. The maximum Gasteiger partial charge on any atom is 0.350 e. The molecule has 1 aromatic heterocycles. The highest BCUT2D eigenvalue weighted by molar-refractivity contribution is 7.17. The molecule has 3 aromatic rings. The van der Waals surface area contributed by atoms with E-state index in [1.54, 1.807) is 38.1 Å². The number of amides is 1. The number of nitrogens with zero attached hydrogens (tertiary/aromatic N) is 2. The number of methoxy groups -OCH3 is 1. The molecule has 1 saturated heterocycles. The molecule has 1 aliphatic heterocycles. The predicted octanol–water partition coefficient (Wildman–Crippen LogP) is 4.40. The Morgan fingerprint density at radius 2 is 1.80 bits per heavy atom. The summed E-state index contributed by atoms with van der Waals surface area (Å²) in [6.45, 7) is 3.44. The molecular formula is C25H21FN2O6S. The number of esters is 1. The summed E-state index contributed by atoms with van der Waals surface area (Å²) in [6.07, 6.45) is 0. The molecule has 1 amide bonds. The average Bonchev–Trinajstić information content (AvgIpc) is 3.36. The molecule has 2 heterocycles. The molecule has 1 fully saturated rings. The number of ketones is 1. The third-order valence-electron chi connectivity index (χ3n) is 5.45. The lowest BCUT2D eigenvalue weighted by atomic mass is 9.95. The average molecular weight is 497 g/mol. The zero-order chi connectivity index (χ0) is 25.3. The number of rotatable bonds is 6. The Morgan fingerprint density at radius 1 is 1.14 bits per heavy atom. The van der Waals surface area contributed by atoms with Gasteiger partial charge in [-0.3, -0.25) is 14.5 Å². The van der Waals surface area contributed by atoms with Crippen LogP contribution < -0.4 is 9.64 Å². The van der Waals surface area contributed by atoms with Crippen LogP contribution in [0.5, 0.6) is 5.75 Å². The minimum absolute atomic E-state index is 0.103. The van der Waals surface area contributed by atoms with Crippen molar-refractivity contribution in [2.24, 2.45) is 0 Å². The number of thiazole rings is 1. The van der Waals surface area contributed by atoms with Gasteiger partial charge in [0.2, 0.25) is 0 Å². The van der Waals surface area contributed by atoms with Gasteiger partial charge in [-0.15, -0.1) is 0 Å². The van der Waals surface area contributed by atoms with Crippen LogP contribution in [0.25, 0.3) is 5.76 Å². The number of benzene rings is 2. The second kappa shape index (κ2) is 9.67. The maximum atomic E-state index is 13.4. The molecule has 2 aromatic carbocycles. The van der Waals surface area contributed by atoms with Crippen molar-refractivity contribution in [2.75, 3.05) is 18.6 Å². The van der Waals surface area contributed by atoms with Gasteiger partial charge in [-0.2, -0.15) is 0 Å². The van der Waals surface area contributed by atoms with Crippen LogP contribution in [0.3, 0.4) is 0 Å². The molecule has 1 aliphatic rings. The number of aryl methyl sites for hydroxylation is 1. The number of anilines is 1. The normalized spacial score (nSPS) is 17.0. The number of aliphatic hydroxyl groups excluding tert-OH is 1. The summed E-state index contributed by atoms with van der Waals surface area (Å²) in [6, 6.07) is 10.5. The molecule has 180 valence electrons. The van der Waals surface area contributed by atoms with Crippen LogP contribution in [0.15, 0.2) is 54.1 Å². The minimum Gasteiger partial charge on any atom is -0.507 e. The molecule has 4 rings (SSSR count). The Morgan fingerprint density at radius 3 is 2.40 bits per heavy atom. The van der Waals surface area contributed by atoms with Gasteiger partial charge in [0.25, 0.3) is 5.78 Å². The Kier molecular flexibility index (Phi) is 6.65. The molecule has 8 nitrogen and oxygen atoms in total. The van der Waals surface area contributed by atoms with Crippen molar-refractivity contribution in [2.45, 2.75) is 19.9 Å². The van der Waals surface area contributed by atoms with Gasteiger partial charge in [-0.1, -0.05) is 23.5 Å². The Labute approximate surface area is 204 Å². The summed E-state index contributed by atoms with van der Waals surface area (Å²) in [5.41, 5.74) is 0.833. The zero-order valence-electron chi connectivity index (χ0n) is 19.1. The SMILES string of the molecule is CCOC(=O)c1sc(N2C(=O)C(=O)C(=C(O)c3ccc(F)cc3)[C@H]2c2ccc(OC)cc2)nc1C. The number of aromatic nitrogens is 1. The Balaban J connectivity index is 1.90. The van der Waals surface area contributed by atoms with Crippen molar-refractivity contribution in [1.29, 1.82) is 0 Å². The fourth-order valence-electron chi connectivity index (χ4n) is 3.77. The van der Waals surface area contributed by atoms with Gasteiger partial charge >= 0.3 is 11.9 Å². The van der Waals surface area contributed by atoms with Gasteiger partial charge in [0, 0.05) is 5.56 Å². The summed E-state index contributed by atoms with van der Waals surface area (Å²) in [7, 11) is 1.50. The molecular weight excluding hydrogens is 475 g/mol. The van der Waals surface area contributed by atoms with E-state index in [1.165, 1.54) is 19.2 Å². The van der Waals surface area contributed by atoms with Crippen molar-refractivity contribution in [3.8, 4) is 5.75 Å². The second-order valence-electron chi connectivity index (χ2n) is 7.58. The van der Waals surface area contributed by atoms with E-state index in [4.69, 9.17) is 9.47 Å². The molecule has 0 unspecified atom stereocenters. The third-order valence-corrected chi connectivity index (χ3v) is 6.58. The van der Waals surface area contributed by atoms with E-state index in [9.17, 15) is 23.9 Å². The summed E-state index contributed by atoms with van der Waals surface area (Å²) in [5, 5.41) is 11.2. The van der Waals surface area contributed by atoms with Crippen molar-refractivity contribution < 1.29 is 33.4 Å². The highest BCUT2D eigenvalue weighted by Gasteiger charge is 2.48. The molecule has 0 radical (unpaired) electrons. The molecule has 1 atom stereocenters. The first-order valence-electron chi connectivity index (χ1n) is 10.6. The van der Waals surface area contributed by atoms with Gasteiger partial charge in [0.15, 0.2) is 5.13 Å². The third kappa shape index (κ3) is 4.40. The van der Waals surface area contributed by atoms with Crippen LogP contribution >= 0.6 is 11.3 Å². The van der Waals surface area contributed by atoms with Gasteiger partial charge < -0.3 is 14.6 Å². The van der Waals surface area contributed by atoms with E-state index in [-0.39, 0.29) is 27.8 Å². The highest BCUT2D eigenvalue weighted by Crippen LogP contribution is 2.44. The van der Waals surface area contributed by atoms with Gasteiger partial charge in [-0.25, -0.2) is 14.2 Å². The molecule has 0 bridgehead atoms. The van der Waals surface area contributed by atoms with Crippen LogP contribution in [0, 0.1) is 12.7 Å². The number of hydrogen-bond acceptors (Lipinski definition) is 8. The predicted molar refractivity (Wildman–Crippen MR) is 127 cm³/mol. The van der Waals surface area contributed by atoms with Crippen molar-refractivity contribution in [3.63, 3.8) is 0 Å². The van der Waals surface area contributed by atoms with Gasteiger partial charge in [-0.05, 0) is 55.8 Å². The van der Waals surface area contributed by atoms with E-state index >= 15 is 0 Å². The largest absolute Gasteiger partial charge is 0.507 e. The summed E-state index contributed by atoms with van der Waals surface area (Å²) >= 11 is 0.917. The first kappa shape index (κ1) is 24.1. The first-order valence-corrected chi connectivity index (χ1v) is 11.4. The lowest BCUT2D eigenvalue weighted by Crippen LogP contribution is -2.29. The first-order chi connectivity index (χ1) is 16.8. The van der Waals surface area contributed by atoms with Crippen LogP contribution in [-0.2, 0) is 14.3 Å². The number of ether oxygens (including phenoxy) is 2. The Hall–Kier alpha value is -4.05. The smallest absolute Gasteiger partial charge is 0.350 e. The van der Waals surface area contributed by atoms with E-state index < -0.39 is 35.3 Å². The highest BCUT2D eigenvalue weighted by atomic mass is 32.1. The van der Waals surface area contributed by atoms with Crippen molar-refractivity contribution in [1.82, 2.24) is 4.98 Å². The molecule has 0 spiro atoms. The lowest BCUT2D eigenvalue weighted by Gasteiger charge is -2.23. The van der Waals surface area contributed by atoms with Gasteiger partial charge in [0.1, 0.15) is 22.2 Å². The molecule has 10 heteroatoms. The lowest BCUT2D eigenvalue weighted by molar-refractivity contribution is -0.132. The zero-order valence-corrected chi connectivity index (χ0v) is 19.9. The van der Waals surface area contributed by atoms with Crippen molar-refractivity contribution in [3.05, 3.63) is 81.6 Å². The molecule has 35 heavy (non-hydrogen) atoms. The number of carbonyl (C=O) groups excluding carboxylic acids is 3. The number of Topliss-reactive ketones (excluding diaryl/α,β-unsaturated/α-hetero) is 1. The number of carbonyl (C=O) groups is 3. The number of aliphatic hydroxyl groups is 1. The molecule has 0 saturated carbocycles. The quantitative estimate of drug-likeness (QED) is 0.233. The van der Waals surface area contributed by atoms with E-state index in [2.05, 4.69) is 4.98 Å². The van der Waals surface area contributed by atoms with Crippen LogP contribution in [0.1, 0.15) is 39.5 Å². The standard InChI is InChI=1S/C25H21FN2O6S/c1-4-34-24(32)22-13(2)27-25(35-22)28-19(14-7-11-17(33-3)12-8-14)18(21(30)23(28)31)20(29)15-5-9-16(26)10-6-15/h5-12,19,29H,4H2,1-3H3/t19-/m1/s1. The summed E-state index contributed by atoms with van der Waals surface area (Å²) < 4.78 is 23.7. The van der Waals surface area contributed by atoms with E-state index in [0.717, 1.165) is 28.4 Å². The topological polar surface area (TPSA) is 106 Å². The van der Waals surface area contributed by atoms with E-state index in [1.807, 2.05) is 0 Å². The minimum atomic E-state index is -1.05. The summed E-state index contributed by atoms with van der Waals surface area (Å²) in [4.78, 5) is 44.5. The molecule has 0 aliphatic carbocycles. The fraction of sp³-hybridized carbons (Fsp3) is 0.200. The van der Waals surface area contributed by atoms with Crippen LogP contribution in [-0.4, -0.2) is 41.5 Å². The monoisotopic (exact) mass is 496 g/mol. The fourth-order valence-corrected chi connectivity index (χ4v) is 4.75. The molecule has 1 N–H and O–H groups in total.